The van der Waals surface area contributed by atoms with Crippen LogP contribution >= 0.6 is 11.6 Å². The molecule has 0 saturated carbocycles. The summed E-state index contributed by atoms with van der Waals surface area (Å²) in [6, 6.07) is 12.2. The zero-order chi connectivity index (χ0) is 18.2. The smallest absolute Gasteiger partial charge is 0.238 e. The van der Waals surface area contributed by atoms with Crippen molar-refractivity contribution in [1.29, 1.82) is 0 Å². The van der Waals surface area contributed by atoms with Gasteiger partial charge in [0, 0.05) is 12.2 Å². The SMILES string of the molecule is CCCc1ccc([C@@H](NCC(=O)Nc2cccnc2Cl)C(C)C)cc1. The maximum Gasteiger partial charge on any atom is 0.238 e. The van der Waals surface area contributed by atoms with E-state index in [-0.39, 0.29) is 18.5 Å². The topological polar surface area (TPSA) is 54.0 Å². The third kappa shape index (κ3) is 5.83. The number of amides is 1. The van der Waals surface area contributed by atoms with E-state index in [2.05, 4.69) is 60.7 Å². The number of nitrogens with zero attached hydrogens (tertiary/aromatic N) is 1. The minimum Gasteiger partial charge on any atom is -0.322 e. The molecule has 2 rings (SSSR count). The highest BCUT2D eigenvalue weighted by molar-refractivity contribution is 6.32. The number of benzene rings is 1. The maximum absolute atomic E-state index is 12.2. The Morgan fingerprint density at radius 2 is 1.92 bits per heavy atom. The molecule has 0 fully saturated rings. The van der Waals surface area contributed by atoms with E-state index < -0.39 is 0 Å². The standard InChI is InChI=1S/C20H26ClN3O/c1-4-6-15-8-10-16(11-9-15)19(14(2)3)23-13-18(25)24-17-7-5-12-22-20(17)21/h5,7-12,14,19,23H,4,6,13H2,1-3H3,(H,24,25)/t19-/m0/s1. The van der Waals surface area contributed by atoms with Crippen LogP contribution in [-0.2, 0) is 11.2 Å². The molecular weight excluding hydrogens is 334 g/mol. The first kappa shape index (κ1) is 19.4. The van der Waals surface area contributed by atoms with Gasteiger partial charge in [-0.15, -0.1) is 0 Å². The van der Waals surface area contributed by atoms with E-state index in [0.29, 0.717) is 16.8 Å². The lowest BCUT2D eigenvalue weighted by Crippen LogP contribution is -2.33. The number of hydrogen-bond donors (Lipinski definition) is 2. The minimum absolute atomic E-state index is 0.116. The molecule has 1 atom stereocenters. The highest BCUT2D eigenvalue weighted by Crippen LogP contribution is 2.22. The molecule has 0 aliphatic rings. The number of rotatable bonds is 8. The Labute approximate surface area is 155 Å². The first-order chi connectivity index (χ1) is 12.0. The second-order valence-electron chi connectivity index (χ2n) is 6.48. The number of aryl methyl sites for hydroxylation is 1. The average Bonchev–Trinajstić information content (AvgIpc) is 2.58. The van der Waals surface area contributed by atoms with Crippen molar-refractivity contribution in [2.24, 2.45) is 5.92 Å². The molecule has 2 N–H and O–H groups in total. The van der Waals surface area contributed by atoms with Crippen molar-refractivity contribution in [2.75, 3.05) is 11.9 Å². The summed E-state index contributed by atoms with van der Waals surface area (Å²) in [7, 11) is 0. The third-order valence-electron chi connectivity index (χ3n) is 4.06. The first-order valence-electron chi connectivity index (χ1n) is 8.73. The molecular formula is C20H26ClN3O. The molecule has 1 amide bonds. The molecule has 0 aliphatic carbocycles. The summed E-state index contributed by atoms with van der Waals surface area (Å²) in [5.41, 5.74) is 3.07. The lowest BCUT2D eigenvalue weighted by atomic mass is 9.94. The number of hydrogen-bond acceptors (Lipinski definition) is 3. The predicted octanol–water partition coefficient (Wildman–Crippen LogP) is 4.61. The van der Waals surface area contributed by atoms with Crippen molar-refractivity contribution in [3.8, 4) is 0 Å². The van der Waals surface area contributed by atoms with Crippen LogP contribution in [-0.4, -0.2) is 17.4 Å². The zero-order valence-corrected chi connectivity index (χ0v) is 15.8. The van der Waals surface area contributed by atoms with Crippen LogP contribution < -0.4 is 10.6 Å². The molecule has 1 aromatic heterocycles. The normalized spacial score (nSPS) is 12.2. The van der Waals surface area contributed by atoms with Gasteiger partial charge in [-0.3, -0.25) is 4.79 Å². The third-order valence-corrected chi connectivity index (χ3v) is 4.36. The van der Waals surface area contributed by atoms with Gasteiger partial charge in [-0.2, -0.15) is 0 Å². The number of nitrogens with one attached hydrogen (secondary N) is 2. The fourth-order valence-corrected chi connectivity index (χ4v) is 2.96. The van der Waals surface area contributed by atoms with E-state index in [0.717, 1.165) is 12.8 Å². The molecule has 0 unspecified atom stereocenters. The van der Waals surface area contributed by atoms with E-state index in [4.69, 9.17) is 11.6 Å². The van der Waals surface area contributed by atoms with E-state index in [1.165, 1.54) is 11.1 Å². The summed E-state index contributed by atoms with van der Waals surface area (Å²) in [6.45, 7) is 6.69. The van der Waals surface area contributed by atoms with Crippen LogP contribution in [0.3, 0.4) is 0 Å². The molecule has 0 bridgehead atoms. The van der Waals surface area contributed by atoms with Gasteiger partial charge in [0.15, 0.2) is 5.15 Å². The summed E-state index contributed by atoms with van der Waals surface area (Å²) < 4.78 is 0. The molecule has 0 aliphatic heterocycles. The van der Waals surface area contributed by atoms with E-state index in [1.807, 2.05) is 0 Å². The number of carbonyl (C=O) groups is 1. The lowest BCUT2D eigenvalue weighted by molar-refractivity contribution is -0.115. The molecule has 0 radical (unpaired) electrons. The molecule has 1 heterocycles. The van der Waals surface area contributed by atoms with Gasteiger partial charge in [-0.25, -0.2) is 4.98 Å². The van der Waals surface area contributed by atoms with Crippen molar-refractivity contribution >= 4 is 23.2 Å². The predicted molar refractivity (Wildman–Crippen MR) is 104 cm³/mol. The summed E-state index contributed by atoms with van der Waals surface area (Å²) in [5, 5.41) is 6.43. The zero-order valence-electron chi connectivity index (χ0n) is 15.1. The largest absolute Gasteiger partial charge is 0.322 e. The quantitative estimate of drug-likeness (QED) is 0.676. The van der Waals surface area contributed by atoms with Crippen molar-refractivity contribution in [3.05, 3.63) is 58.9 Å². The van der Waals surface area contributed by atoms with Gasteiger partial charge in [0.05, 0.1) is 12.2 Å². The van der Waals surface area contributed by atoms with Crippen molar-refractivity contribution < 1.29 is 4.79 Å². The molecule has 0 spiro atoms. The Bertz CT molecular complexity index is 686. The number of anilines is 1. The molecule has 0 saturated heterocycles. The molecule has 1 aromatic carbocycles. The van der Waals surface area contributed by atoms with Gasteiger partial charge < -0.3 is 10.6 Å². The number of halogens is 1. The van der Waals surface area contributed by atoms with Crippen LogP contribution in [0.4, 0.5) is 5.69 Å². The van der Waals surface area contributed by atoms with Crippen LogP contribution in [0.25, 0.3) is 0 Å². The Morgan fingerprint density at radius 3 is 2.52 bits per heavy atom. The number of pyridine rings is 1. The minimum atomic E-state index is -0.136. The van der Waals surface area contributed by atoms with E-state index in [1.54, 1.807) is 18.3 Å². The van der Waals surface area contributed by atoms with Crippen LogP contribution in [0.5, 0.6) is 0 Å². The van der Waals surface area contributed by atoms with Crippen molar-refractivity contribution in [3.63, 3.8) is 0 Å². The fraction of sp³-hybridized carbons (Fsp3) is 0.400. The number of aromatic nitrogens is 1. The van der Waals surface area contributed by atoms with Crippen molar-refractivity contribution in [2.45, 2.75) is 39.7 Å². The van der Waals surface area contributed by atoms with Gasteiger partial charge in [-0.1, -0.05) is 63.1 Å². The Hall–Kier alpha value is -1.91. The van der Waals surface area contributed by atoms with Gasteiger partial charge in [0.2, 0.25) is 5.91 Å². The summed E-state index contributed by atoms with van der Waals surface area (Å²) in [6.07, 6.45) is 3.82. The number of carbonyl (C=O) groups excluding carboxylic acids is 1. The molecule has 2 aromatic rings. The second-order valence-corrected chi connectivity index (χ2v) is 6.84. The average molecular weight is 360 g/mol. The Balaban J connectivity index is 1.97. The summed E-state index contributed by atoms with van der Waals surface area (Å²) in [4.78, 5) is 16.2. The molecule has 134 valence electrons. The van der Waals surface area contributed by atoms with Gasteiger partial charge in [0.1, 0.15) is 0 Å². The van der Waals surface area contributed by atoms with Crippen LogP contribution in [0, 0.1) is 5.92 Å². The Morgan fingerprint density at radius 1 is 1.20 bits per heavy atom. The monoisotopic (exact) mass is 359 g/mol. The second kappa shape index (κ2) is 9.54. The summed E-state index contributed by atoms with van der Waals surface area (Å²) >= 11 is 5.97. The Kier molecular flexibility index (Phi) is 7.41. The van der Waals surface area contributed by atoms with Crippen LogP contribution in [0.15, 0.2) is 42.6 Å². The van der Waals surface area contributed by atoms with Gasteiger partial charge in [0.25, 0.3) is 0 Å². The van der Waals surface area contributed by atoms with Crippen LogP contribution in [0.2, 0.25) is 5.15 Å². The molecule has 5 heteroatoms. The van der Waals surface area contributed by atoms with Gasteiger partial charge >= 0.3 is 0 Å². The first-order valence-corrected chi connectivity index (χ1v) is 9.11. The fourth-order valence-electron chi connectivity index (χ4n) is 2.80. The van der Waals surface area contributed by atoms with Gasteiger partial charge in [-0.05, 0) is 35.6 Å². The van der Waals surface area contributed by atoms with Crippen LogP contribution in [0.1, 0.15) is 44.4 Å². The maximum atomic E-state index is 12.2. The van der Waals surface area contributed by atoms with Crippen molar-refractivity contribution in [1.82, 2.24) is 10.3 Å². The highest BCUT2D eigenvalue weighted by Gasteiger charge is 2.17. The molecule has 25 heavy (non-hydrogen) atoms. The van der Waals surface area contributed by atoms with E-state index in [9.17, 15) is 4.79 Å². The molecule has 4 nitrogen and oxygen atoms in total. The lowest BCUT2D eigenvalue weighted by Gasteiger charge is -2.23. The van der Waals surface area contributed by atoms with E-state index >= 15 is 0 Å². The summed E-state index contributed by atoms with van der Waals surface area (Å²) in [5.74, 6) is 0.231. The highest BCUT2D eigenvalue weighted by atomic mass is 35.5.